The summed E-state index contributed by atoms with van der Waals surface area (Å²) in [5, 5.41) is 1.69. The minimum absolute atomic E-state index is 0.847. The fraction of sp³-hybridized carbons (Fsp3) is 1.00. The van der Waals surface area contributed by atoms with Crippen molar-refractivity contribution in [2.75, 3.05) is 0 Å². The van der Waals surface area contributed by atoms with E-state index in [1.165, 1.54) is 12.8 Å². The van der Waals surface area contributed by atoms with Gasteiger partial charge in [-0.15, -0.1) is 0 Å². The molecule has 0 heterocycles. The lowest BCUT2D eigenvalue weighted by molar-refractivity contribution is 0.860. The summed E-state index contributed by atoms with van der Waals surface area (Å²) in [6, 6.07) is 0. The lowest BCUT2D eigenvalue weighted by atomic mass is 10.4. The van der Waals surface area contributed by atoms with Gasteiger partial charge in [-0.25, -0.2) is 0 Å². The molecule has 0 nitrogen and oxygen atoms in total. The molecular weight excluding hydrogens is 128 g/mol. The molecule has 0 unspecified atom stereocenters. The molecule has 2 atom stereocenters. The zero-order valence-corrected chi connectivity index (χ0v) is 7.79. The predicted molar refractivity (Wildman–Crippen MR) is 47.1 cm³/mol. The molecule has 0 aliphatic rings. The van der Waals surface area contributed by atoms with Gasteiger partial charge in [-0.3, -0.25) is 0 Å². The van der Waals surface area contributed by atoms with Crippen LogP contribution in [0.25, 0.3) is 0 Å². The number of rotatable bonds is 4. The third-order valence-electron chi connectivity index (χ3n) is 1.61. The van der Waals surface area contributed by atoms with Crippen molar-refractivity contribution in [3.8, 4) is 0 Å². The fourth-order valence-electron chi connectivity index (χ4n) is 0.589. The van der Waals surface area contributed by atoms with Crippen LogP contribution in [0.3, 0.4) is 0 Å². The molecule has 0 aliphatic carbocycles. The normalized spacial score (nSPS) is 17.3. The smallest absolute Gasteiger partial charge is 0.00187 e. The van der Waals surface area contributed by atoms with E-state index in [0.29, 0.717) is 0 Å². The van der Waals surface area contributed by atoms with Crippen LogP contribution < -0.4 is 0 Å². The van der Waals surface area contributed by atoms with Gasteiger partial charge in [0.05, 0.1) is 0 Å². The zero-order valence-electron chi connectivity index (χ0n) is 6.98. The van der Waals surface area contributed by atoms with E-state index in [0.717, 1.165) is 10.5 Å². The monoisotopic (exact) mass is 146 g/mol. The quantitative estimate of drug-likeness (QED) is 0.586. The second-order valence-corrected chi connectivity index (χ2v) is 4.46. The maximum absolute atomic E-state index is 2.30. The summed E-state index contributed by atoms with van der Waals surface area (Å²) in [7, 11) is 0. The third-order valence-corrected chi connectivity index (χ3v) is 3.21. The minimum Gasteiger partial charge on any atom is -0.156 e. The van der Waals surface area contributed by atoms with Gasteiger partial charge in [0.1, 0.15) is 0 Å². The van der Waals surface area contributed by atoms with Crippen LogP contribution in [-0.4, -0.2) is 10.5 Å². The summed E-state index contributed by atoms with van der Waals surface area (Å²) in [5.74, 6) is 0. The van der Waals surface area contributed by atoms with Crippen LogP contribution in [0.2, 0.25) is 0 Å². The standard InChI is InChI=1S/C8H18S/c1-5-7(3)9-8(4)6-2/h7-8H,5-6H2,1-4H3/t7-,8-/m0/s1. The second kappa shape index (κ2) is 5.16. The Morgan fingerprint density at radius 2 is 1.33 bits per heavy atom. The Hall–Kier alpha value is 0.350. The Balaban J connectivity index is 3.22. The highest BCUT2D eigenvalue weighted by molar-refractivity contribution is 8.00. The molecule has 56 valence electrons. The van der Waals surface area contributed by atoms with E-state index in [9.17, 15) is 0 Å². The molecule has 0 aromatic carbocycles. The highest BCUT2D eigenvalue weighted by atomic mass is 32.2. The summed E-state index contributed by atoms with van der Waals surface area (Å²) in [6.45, 7) is 9.10. The molecule has 1 heteroatoms. The molecule has 0 radical (unpaired) electrons. The van der Waals surface area contributed by atoms with Crippen LogP contribution in [0.15, 0.2) is 0 Å². The topological polar surface area (TPSA) is 0 Å². The Morgan fingerprint density at radius 3 is 1.56 bits per heavy atom. The van der Waals surface area contributed by atoms with Crippen LogP contribution in [0.4, 0.5) is 0 Å². The van der Waals surface area contributed by atoms with Crippen molar-refractivity contribution in [1.29, 1.82) is 0 Å². The van der Waals surface area contributed by atoms with Crippen LogP contribution in [0.5, 0.6) is 0 Å². The van der Waals surface area contributed by atoms with Gasteiger partial charge >= 0.3 is 0 Å². The van der Waals surface area contributed by atoms with Gasteiger partial charge in [0, 0.05) is 10.5 Å². The van der Waals surface area contributed by atoms with Gasteiger partial charge in [0.2, 0.25) is 0 Å². The molecule has 0 aromatic heterocycles. The van der Waals surface area contributed by atoms with E-state index in [-0.39, 0.29) is 0 Å². The van der Waals surface area contributed by atoms with Gasteiger partial charge in [0.25, 0.3) is 0 Å². The van der Waals surface area contributed by atoms with E-state index >= 15 is 0 Å². The molecule has 0 rings (SSSR count). The third kappa shape index (κ3) is 4.83. The molecule has 0 bridgehead atoms. The van der Waals surface area contributed by atoms with E-state index in [2.05, 4.69) is 39.5 Å². The maximum atomic E-state index is 2.30. The molecule has 0 amide bonds. The Kier molecular flexibility index (Phi) is 5.36. The van der Waals surface area contributed by atoms with Crippen molar-refractivity contribution in [3.05, 3.63) is 0 Å². The summed E-state index contributed by atoms with van der Waals surface area (Å²) in [4.78, 5) is 0. The van der Waals surface area contributed by atoms with Gasteiger partial charge in [-0.1, -0.05) is 27.7 Å². The van der Waals surface area contributed by atoms with Crippen molar-refractivity contribution in [3.63, 3.8) is 0 Å². The molecule has 0 aromatic rings. The lowest BCUT2D eigenvalue weighted by Gasteiger charge is -2.12. The van der Waals surface area contributed by atoms with Crippen LogP contribution >= 0.6 is 11.8 Å². The summed E-state index contributed by atoms with van der Waals surface area (Å²) in [6.07, 6.45) is 2.60. The molecular formula is C8H18S. The first-order valence-electron chi connectivity index (χ1n) is 3.86. The lowest BCUT2D eigenvalue weighted by Crippen LogP contribution is -2.01. The average Bonchev–Trinajstić information content (AvgIpc) is 1.87. The minimum atomic E-state index is 0.847. The Labute approximate surface area is 63.4 Å². The molecule has 0 N–H and O–H groups in total. The number of thioether (sulfide) groups is 1. The maximum Gasteiger partial charge on any atom is 0.00187 e. The molecule has 0 fully saturated rings. The second-order valence-electron chi connectivity index (χ2n) is 2.57. The molecule has 9 heavy (non-hydrogen) atoms. The molecule has 0 saturated carbocycles. The van der Waals surface area contributed by atoms with Gasteiger partial charge in [0.15, 0.2) is 0 Å². The fourth-order valence-corrected chi connectivity index (χ4v) is 1.77. The predicted octanol–water partition coefficient (Wildman–Crippen LogP) is 3.32. The van der Waals surface area contributed by atoms with Gasteiger partial charge in [-0.2, -0.15) is 11.8 Å². The van der Waals surface area contributed by atoms with E-state index in [1.54, 1.807) is 0 Å². The van der Waals surface area contributed by atoms with Gasteiger partial charge in [-0.05, 0) is 12.8 Å². The molecule has 0 saturated heterocycles. The Bertz CT molecular complexity index is 53.6. The summed E-state index contributed by atoms with van der Waals surface area (Å²) in [5.41, 5.74) is 0. The van der Waals surface area contributed by atoms with Crippen LogP contribution in [-0.2, 0) is 0 Å². The average molecular weight is 146 g/mol. The molecule has 0 aliphatic heterocycles. The van der Waals surface area contributed by atoms with E-state index in [4.69, 9.17) is 0 Å². The number of hydrogen-bond acceptors (Lipinski definition) is 1. The summed E-state index contributed by atoms with van der Waals surface area (Å²) >= 11 is 2.10. The first kappa shape index (κ1) is 9.35. The number of hydrogen-bond donors (Lipinski definition) is 0. The first-order valence-corrected chi connectivity index (χ1v) is 4.80. The van der Waals surface area contributed by atoms with E-state index in [1.807, 2.05) is 0 Å². The van der Waals surface area contributed by atoms with E-state index < -0.39 is 0 Å². The van der Waals surface area contributed by atoms with Crippen molar-refractivity contribution < 1.29 is 0 Å². The van der Waals surface area contributed by atoms with Crippen LogP contribution in [0, 0.1) is 0 Å². The van der Waals surface area contributed by atoms with Crippen molar-refractivity contribution in [2.24, 2.45) is 0 Å². The van der Waals surface area contributed by atoms with Crippen LogP contribution in [0.1, 0.15) is 40.5 Å². The van der Waals surface area contributed by atoms with Gasteiger partial charge < -0.3 is 0 Å². The zero-order chi connectivity index (χ0) is 7.28. The first-order chi connectivity index (χ1) is 4.20. The molecule has 0 spiro atoms. The SMILES string of the molecule is CC[C@H](C)S[C@@H](C)CC. The highest BCUT2D eigenvalue weighted by Crippen LogP contribution is 2.21. The summed E-state index contributed by atoms with van der Waals surface area (Å²) < 4.78 is 0. The Morgan fingerprint density at radius 1 is 1.00 bits per heavy atom. The van der Waals surface area contributed by atoms with Crippen molar-refractivity contribution in [1.82, 2.24) is 0 Å². The highest BCUT2D eigenvalue weighted by Gasteiger charge is 2.03. The van der Waals surface area contributed by atoms with Crippen molar-refractivity contribution in [2.45, 2.75) is 51.0 Å². The largest absolute Gasteiger partial charge is 0.156 e. The van der Waals surface area contributed by atoms with Crippen molar-refractivity contribution >= 4 is 11.8 Å².